The molecule has 2 unspecified atom stereocenters. The molecular formula is C12H22N4O5S. The lowest BCUT2D eigenvalue weighted by Crippen LogP contribution is -2.52. The van der Waals surface area contributed by atoms with Gasteiger partial charge in [0.1, 0.15) is 12.6 Å². The maximum absolute atomic E-state index is 11.9. The number of carbonyl (C=O) groups excluding carboxylic acids is 3. The number of aliphatic carboxylic acids is 1. The molecule has 0 rings (SSSR count). The second kappa shape index (κ2) is 10.9. The normalized spacial score (nSPS) is 13.0. The van der Waals surface area contributed by atoms with E-state index in [0.717, 1.165) is 0 Å². The van der Waals surface area contributed by atoms with Crippen molar-refractivity contribution in [3.63, 3.8) is 0 Å². The highest BCUT2D eigenvalue weighted by Gasteiger charge is 2.23. The Balaban J connectivity index is 4.54. The number of hydrogen-bond donors (Lipinski definition) is 5. The smallest absolute Gasteiger partial charge is 0.322 e. The van der Waals surface area contributed by atoms with Crippen LogP contribution in [0.15, 0.2) is 0 Å². The third-order valence-electron chi connectivity index (χ3n) is 2.70. The lowest BCUT2D eigenvalue weighted by molar-refractivity contribution is -0.138. The Hall–Kier alpha value is -1.81. The number of rotatable bonds is 11. The molecule has 9 nitrogen and oxygen atoms in total. The molecule has 0 heterocycles. The van der Waals surface area contributed by atoms with E-state index < -0.39 is 42.3 Å². The largest absolute Gasteiger partial charge is 0.480 e. The van der Waals surface area contributed by atoms with E-state index in [1.54, 1.807) is 0 Å². The van der Waals surface area contributed by atoms with Gasteiger partial charge in [-0.2, -0.15) is 11.8 Å². The molecule has 0 aromatic heterocycles. The summed E-state index contributed by atoms with van der Waals surface area (Å²) in [7, 11) is 0. The highest BCUT2D eigenvalue weighted by Crippen LogP contribution is 2.03. The van der Waals surface area contributed by atoms with Gasteiger partial charge in [0.15, 0.2) is 0 Å². The fourth-order valence-corrected chi connectivity index (χ4v) is 1.97. The Labute approximate surface area is 132 Å². The van der Waals surface area contributed by atoms with Gasteiger partial charge >= 0.3 is 5.97 Å². The molecule has 22 heavy (non-hydrogen) atoms. The minimum Gasteiger partial charge on any atom is -0.480 e. The fraction of sp³-hybridized carbons (Fsp3) is 0.667. The van der Waals surface area contributed by atoms with Crippen molar-refractivity contribution in [1.29, 1.82) is 0 Å². The van der Waals surface area contributed by atoms with Crippen molar-refractivity contribution in [2.75, 3.05) is 18.6 Å². The monoisotopic (exact) mass is 334 g/mol. The Morgan fingerprint density at radius 3 is 2.32 bits per heavy atom. The summed E-state index contributed by atoms with van der Waals surface area (Å²) in [5.41, 5.74) is 10.6. The van der Waals surface area contributed by atoms with Gasteiger partial charge in [-0.1, -0.05) is 0 Å². The van der Waals surface area contributed by atoms with Crippen molar-refractivity contribution in [2.24, 2.45) is 11.5 Å². The zero-order valence-electron chi connectivity index (χ0n) is 12.3. The maximum atomic E-state index is 11.9. The Morgan fingerprint density at radius 2 is 1.82 bits per heavy atom. The van der Waals surface area contributed by atoms with Crippen LogP contribution >= 0.6 is 11.8 Å². The van der Waals surface area contributed by atoms with Crippen LogP contribution in [0.3, 0.4) is 0 Å². The number of carboxylic acid groups (broad SMARTS) is 1. The standard InChI is InChI=1S/C12H22N4O5S/c1-22-5-4-8(12(21)15-6-10(18)19)16-11(20)7(13)2-3-9(14)17/h7-8H,2-6,13H2,1H3,(H2,14,17)(H,15,21)(H,16,20)(H,18,19). The van der Waals surface area contributed by atoms with Gasteiger partial charge in [-0.15, -0.1) is 0 Å². The fourth-order valence-electron chi connectivity index (χ4n) is 1.50. The molecular weight excluding hydrogens is 312 g/mol. The number of thioether (sulfide) groups is 1. The van der Waals surface area contributed by atoms with E-state index in [9.17, 15) is 19.2 Å². The molecule has 0 aromatic carbocycles. The van der Waals surface area contributed by atoms with E-state index >= 15 is 0 Å². The molecule has 3 amide bonds. The van der Waals surface area contributed by atoms with E-state index in [-0.39, 0.29) is 12.8 Å². The average molecular weight is 334 g/mol. The van der Waals surface area contributed by atoms with Gasteiger partial charge < -0.3 is 27.2 Å². The molecule has 0 spiro atoms. The number of nitrogens with one attached hydrogen (secondary N) is 2. The molecule has 0 radical (unpaired) electrons. The van der Waals surface area contributed by atoms with Gasteiger partial charge in [0.05, 0.1) is 6.04 Å². The second-order valence-electron chi connectivity index (χ2n) is 4.57. The van der Waals surface area contributed by atoms with Gasteiger partial charge in [0, 0.05) is 6.42 Å². The molecule has 0 fully saturated rings. The van der Waals surface area contributed by atoms with Crippen LogP contribution in [0.1, 0.15) is 19.3 Å². The van der Waals surface area contributed by atoms with Crippen molar-refractivity contribution in [3.8, 4) is 0 Å². The predicted molar refractivity (Wildman–Crippen MR) is 82.0 cm³/mol. The third kappa shape index (κ3) is 9.19. The van der Waals surface area contributed by atoms with Gasteiger partial charge in [0.2, 0.25) is 17.7 Å². The van der Waals surface area contributed by atoms with E-state index in [4.69, 9.17) is 16.6 Å². The Morgan fingerprint density at radius 1 is 1.18 bits per heavy atom. The quantitative estimate of drug-likeness (QED) is 0.292. The van der Waals surface area contributed by atoms with Crippen LogP contribution in [0.4, 0.5) is 0 Å². The summed E-state index contributed by atoms with van der Waals surface area (Å²) in [6.45, 7) is -0.530. The van der Waals surface area contributed by atoms with Crippen LogP contribution in [0.25, 0.3) is 0 Å². The lowest BCUT2D eigenvalue weighted by atomic mass is 10.1. The minimum absolute atomic E-state index is 0.0325. The first kappa shape index (κ1) is 20.2. The maximum Gasteiger partial charge on any atom is 0.322 e. The summed E-state index contributed by atoms with van der Waals surface area (Å²) in [4.78, 5) is 44.9. The van der Waals surface area contributed by atoms with Crippen molar-refractivity contribution in [1.82, 2.24) is 10.6 Å². The molecule has 0 aromatic rings. The molecule has 7 N–H and O–H groups in total. The van der Waals surface area contributed by atoms with E-state index in [0.29, 0.717) is 12.2 Å². The number of carbonyl (C=O) groups is 4. The third-order valence-corrected chi connectivity index (χ3v) is 3.34. The SMILES string of the molecule is CSCCC(NC(=O)C(N)CCC(N)=O)C(=O)NCC(=O)O. The number of nitrogens with two attached hydrogens (primary N) is 2. The van der Waals surface area contributed by atoms with Gasteiger partial charge in [0.25, 0.3) is 0 Å². The second-order valence-corrected chi connectivity index (χ2v) is 5.55. The van der Waals surface area contributed by atoms with Crippen LogP contribution in [0.5, 0.6) is 0 Å². The molecule has 0 aliphatic rings. The average Bonchev–Trinajstić information content (AvgIpc) is 2.45. The number of amides is 3. The lowest BCUT2D eigenvalue weighted by Gasteiger charge is -2.20. The first-order valence-electron chi connectivity index (χ1n) is 6.60. The van der Waals surface area contributed by atoms with Crippen molar-refractivity contribution < 1.29 is 24.3 Å². The highest BCUT2D eigenvalue weighted by atomic mass is 32.2. The Kier molecular flexibility index (Phi) is 9.96. The molecule has 2 atom stereocenters. The zero-order valence-corrected chi connectivity index (χ0v) is 13.1. The summed E-state index contributed by atoms with van der Waals surface area (Å²) in [6, 6.07) is -1.84. The molecule has 0 saturated heterocycles. The van der Waals surface area contributed by atoms with Crippen molar-refractivity contribution in [2.45, 2.75) is 31.3 Å². The molecule has 10 heteroatoms. The zero-order chi connectivity index (χ0) is 17.1. The molecule has 0 saturated carbocycles. The topological polar surface area (TPSA) is 165 Å². The van der Waals surface area contributed by atoms with Gasteiger partial charge in [-0.25, -0.2) is 0 Å². The summed E-state index contributed by atoms with van der Waals surface area (Å²) in [5, 5.41) is 13.2. The van der Waals surface area contributed by atoms with E-state index in [1.807, 2.05) is 6.26 Å². The first-order chi connectivity index (χ1) is 10.3. The van der Waals surface area contributed by atoms with Crippen LogP contribution in [-0.2, 0) is 19.2 Å². The van der Waals surface area contributed by atoms with Gasteiger partial charge in [-0.05, 0) is 24.9 Å². The van der Waals surface area contributed by atoms with Crippen molar-refractivity contribution >= 4 is 35.5 Å². The van der Waals surface area contributed by atoms with Crippen LogP contribution < -0.4 is 22.1 Å². The van der Waals surface area contributed by atoms with Gasteiger partial charge in [-0.3, -0.25) is 19.2 Å². The van der Waals surface area contributed by atoms with Crippen LogP contribution in [0, 0.1) is 0 Å². The predicted octanol–water partition coefficient (Wildman–Crippen LogP) is -1.98. The van der Waals surface area contributed by atoms with E-state index in [2.05, 4.69) is 10.6 Å². The number of hydrogen-bond acceptors (Lipinski definition) is 6. The van der Waals surface area contributed by atoms with Crippen LogP contribution in [0.2, 0.25) is 0 Å². The highest BCUT2D eigenvalue weighted by molar-refractivity contribution is 7.98. The summed E-state index contributed by atoms with van der Waals surface area (Å²) < 4.78 is 0. The molecule has 126 valence electrons. The van der Waals surface area contributed by atoms with Crippen molar-refractivity contribution in [3.05, 3.63) is 0 Å². The summed E-state index contributed by atoms with van der Waals surface area (Å²) in [6.07, 6.45) is 2.22. The first-order valence-corrected chi connectivity index (χ1v) is 8.00. The molecule has 0 bridgehead atoms. The Bertz CT molecular complexity index is 418. The summed E-state index contributed by atoms with van der Waals surface area (Å²) in [5.74, 6) is -2.32. The molecule has 0 aliphatic heterocycles. The number of primary amides is 1. The molecule has 0 aliphatic carbocycles. The summed E-state index contributed by atoms with van der Waals surface area (Å²) >= 11 is 1.48. The van der Waals surface area contributed by atoms with Crippen LogP contribution in [-0.4, -0.2) is 59.4 Å². The number of carboxylic acids is 1. The minimum atomic E-state index is -1.18. The van der Waals surface area contributed by atoms with E-state index in [1.165, 1.54) is 11.8 Å².